The molecule has 0 bridgehead atoms. The molecule has 1 rings (SSSR count). The number of carbonyl (C=O) groups is 1. The molecular weight excluding hydrogens is 220 g/mol. The van der Waals surface area contributed by atoms with Crippen LogP contribution in [0.5, 0.6) is 5.88 Å². The molecule has 2 N–H and O–H groups in total. The second-order valence-electron chi connectivity index (χ2n) is 3.25. The molecule has 0 fully saturated rings. The zero-order valence-corrected chi connectivity index (χ0v) is 9.97. The van der Waals surface area contributed by atoms with E-state index in [4.69, 9.17) is 15.2 Å². The standard InChI is InChI=1S/C12H16N2O3/c1-3-17-11(15)6-4-5-9-7-8-10(13)12(14-9)16-2/h4-5,7-8H,3,6,13H2,1-2H3. The van der Waals surface area contributed by atoms with Gasteiger partial charge in [-0.25, -0.2) is 4.98 Å². The van der Waals surface area contributed by atoms with Crippen molar-refractivity contribution in [1.82, 2.24) is 4.98 Å². The van der Waals surface area contributed by atoms with E-state index in [1.807, 2.05) is 0 Å². The molecule has 5 nitrogen and oxygen atoms in total. The highest BCUT2D eigenvalue weighted by atomic mass is 16.5. The molecule has 0 amide bonds. The monoisotopic (exact) mass is 236 g/mol. The van der Waals surface area contributed by atoms with E-state index in [-0.39, 0.29) is 12.4 Å². The number of aromatic nitrogens is 1. The third kappa shape index (κ3) is 4.14. The van der Waals surface area contributed by atoms with E-state index in [1.165, 1.54) is 7.11 Å². The van der Waals surface area contributed by atoms with E-state index in [0.717, 1.165) is 0 Å². The van der Waals surface area contributed by atoms with Gasteiger partial charge in [-0.2, -0.15) is 0 Å². The second kappa shape index (κ2) is 6.52. The van der Waals surface area contributed by atoms with E-state index in [0.29, 0.717) is 23.9 Å². The Kier molecular flexibility index (Phi) is 5.00. The average Bonchev–Trinajstić information content (AvgIpc) is 2.31. The lowest BCUT2D eigenvalue weighted by molar-refractivity contribution is -0.142. The van der Waals surface area contributed by atoms with E-state index in [9.17, 15) is 4.79 Å². The molecule has 5 heteroatoms. The van der Waals surface area contributed by atoms with Crippen LogP contribution in [0.15, 0.2) is 18.2 Å². The van der Waals surface area contributed by atoms with Crippen LogP contribution in [0.2, 0.25) is 0 Å². The Balaban J connectivity index is 2.62. The largest absolute Gasteiger partial charge is 0.480 e. The van der Waals surface area contributed by atoms with Crippen molar-refractivity contribution >= 4 is 17.7 Å². The van der Waals surface area contributed by atoms with Gasteiger partial charge in [0.25, 0.3) is 0 Å². The third-order valence-electron chi connectivity index (χ3n) is 1.98. The molecular formula is C12H16N2O3. The van der Waals surface area contributed by atoms with Gasteiger partial charge in [0, 0.05) is 0 Å². The van der Waals surface area contributed by atoms with Crippen LogP contribution in [0, 0.1) is 0 Å². The van der Waals surface area contributed by atoms with Gasteiger partial charge in [0.05, 0.1) is 31.5 Å². The quantitative estimate of drug-likeness (QED) is 0.786. The average molecular weight is 236 g/mol. The van der Waals surface area contributed by atoms with Gasteiger partial charge in [-0.05, 0) is 25.1 Å². The summed E-state index contributed by atoms with van der Waals surface area (Å²) in [7, 11) is 1.50. The zero-order valence-electron chi connectivity index (χ0n) is 9.97. The summed E-state index contributed by atoms with van der Waals surface area (Å²) in [5.41, 5.74) is 6.79. The Hall–Kier alpha value is -2.04. The summed E-state index contributed by atoms with van der Waals surface area (Å²) in [5.74, 6) is 0.120. The van der Waals surface area contributed by atoms with Crippen molar-refractivity contribution in [2.45, 2.75) is 13.3 Å². The summed E-state index contributed by atoms with van der Waals surface area (Å²) < 4.78 is 9.78. The number of esters is 1. The molecule has 0 saturated heterocycles. The number of nitrogens with zero attached hydrogens (tertiary/aromatic N) is 1. The van der Waals surface area contributed by atoms with Gasteiger partial charge in [0.2, 0.25) is 5.88 Å². The minimum Gasteiger partial charge on any atom is -0.480 e. The van der Waals surface area contributed by atoms with Crippen molar-refractivity contribution in [3.63, 3.8) is 0 Å². The molecule has 0 saturated carbocycles. The molecule has 0 spiro atoms. The number of nitrogens with two attached hydrogens (primary N) is 1. The van der Waals surface area contributed by atoms with Crippen LogP contribution < -0.4 is 10.5 Å². The van der Waals surface area contributed by atoms with Crippen molar-refractivity contribution in [2.24, 2.45) is 0 Å². The van der Waals surface area contributed by atoms with E-state index < -0.39 is 0 Å². The summed E-state index contributed by atoms with van der Waals surface area (Å²) in [5, 5.41) is 0. The van der Waals surface area contributed by atoms with Crippen molar-refractivity contribution in [3.05, 3.63) is 23.9 Å². The molecule has 1 heterocycles. The van der Waals surface area contributed by atoms with Crippen LogP contribution in [-0.4, -0.2) is 24.7 Å². The van der Waals surface area contributed by atoms with Gasteiger partial charge in [-0.15, -0.1) is 0 Å². The Morgan fingerprint density at radius 1 is 1.53 bits per heavy atom. The number of anilines is 1. The fourth-order valence-corrected chi connectivity index (χ4v) is 1.22. The van der Waals surface area contributed by atoms with Crippen LogP contribution >= 0.6 is 0 Å². The SMILES string of the molecule is CCOC(=O)CC=Cc1ccc(N)c(OC)n1. The van der Waals surface area contributed by atoms with E-state index in [2.05, 4.69) is 4.98 Å². The summed E-state index contributed by atoms with van der Waals surface area (Å²) in [4.78, 5) is 15.2. The predicted octanol–water partition coefficient (Wildman–Crippen LogP) is 1.64. The predicted molar refractivity (Wildman–Crippen MR) is 65.5 cm³/mol. The molecule has 0 atom stereocenters. The molecule has 0 aliphatic heterocycles. The fraction of sp³-hybridized carbons (Fsp3) is 0.333. The number of pyridine rings is 1. The van der Waals surface area contributed by atoms with Crippen LogP contribution in [0.3, 0.4) is 0 Å². The number of ether oxygens (including phenoxy) is 2. The lowest BCUT2D eigenvalue weighted by Gasteiger charge is -2.03. The van der Waals surface area contributed by atoms with Gasteiger partial charge in [-0.1, -0.05) is 6.08 Å². The zero-order chi connectivity index (χ0) is 12.7. The van der Waals surface area contributed by atoms with Gasteiger partial charge >= 0.3 is 5.97 Å². The van der Waals surface area contributed by atoms with Crippen LogP contribution in [0.25, 0.3) is 6.08 Å². The summed E-state index contributed by atoms with van der Waals surface area (Å²) in [6.07, 6.45) is 3.64. The summed E-state index contributed by atoms with van der Waals surface area (Å²) >= 11 is 0. The smallest absolute Gasteiger partial charge is 0.309 e. The Labute approximate surface area is 100 Å². The van der Waals surface area contributed by atoms with Gasteiger partial charge in [0.1, 0.15) is 0 Å². The molecule has 0 unspecified atom stereocenters. The lowest BCUT2D eigenvalue weighted by Crippen LogP contribution is -2.01. The normalized spacial score (nSPS) is 10.5. The Bertz CT molecular complexity index is 416. The third-order valence-corrected chi connectivity index (χ3v) is 1.98. The molecule has 0 aliphatic carbocycles. The maximum absolute atomic E-state index is 11.1. The Morgan fingerprint density at radius 3 is 2.94 bits per heavy atom. The number of rotatable bonds is 5. The molecule has 0 aromatic carbocycles. The topological polar surface area (TPSA) is 74.4 Å². The highest BCUT2D eigenvalue weighted by Crippen LogP contribution is 2.18. The molecule has 92 valence electrons. The molecule has 1 aromatic heterocycles. The maximum Gasteiger partial charge on any atom is 0.309 e. The summed E-state index contributed by atoms with van der Waals surface area (Å²) in [6.45, 7) is 2.16. The van der Waals surface area contributed by atoms with Crippen LogP contribution in [-0.2, 0) is 9.53 Å². The molecule has 0 radical (unpaired) electrons. The number of carbonyl (C=O) groups excluding carboxylic acids is 1. The van der Waals surface area contributed by atoms with Gasteiger partial charge in [0.15, 0.2) is 0 Å². The number of hydrogen-bond acceptors (Lipinski definition) is 5. The van der Waals surface area contributed by atoms with Gasteiger partial charge < -0.3 is 15.2 Å². The van der Waals surface area contributed by atoms with Crippen molar-refractivity contribution in [3.8, 4) is 5.88 Å². The van der Waals surface area contributed by atoms with Crippen molar-refractivity contribution in [1.29, 1.82) is 0 Å². The first-order chi connectivity index (χ1) is 8.17. The molecule has 17 heavy (non-hydrogen) atoms. The number of hydrogen-bond donors (Lipinski definition) is 1. The van der Waals surface area contributed by atoms with Crippen LogP contribution in [0.1, 0.15) is 19.0 Å². The highest BCUT2D eigenvalue weighted by molar-refractivity contribution is 5.72. The Morgan fingerprint density at radius 2 is 2.29 bits per heavy atom. The number of nitrogen functional groups attached to an aromatic ring is 1. The highest BCUT2D eigenvalue weighted by Gasteiger charge is 2.01. The van der Waals surface area contributed by atoms with Crippen molar-refractivity contribution < 1.29 is 14.3 Å². The summed E-state index contributed by atoms with van der Waals surface area (Å²) in [6, 6.07) is 3.45. The minimum atomic E-state index is -0.258. The number of methoxy groups -OCH3 is 1. The minimum absolute atomic E-state index is 0.224. The lowest BCUT2D eigenvalue weighted by atomic mass is 10.3. The first kappa shape index (κ1) is 13.0. The maximum atomic E-state index is 11.1. The van der Waals surface area contributed by atoms with Gasteiger partial charge in [-0.3, -0.25) is 4.79 Å². The second-order valence-corrected chi connectivity index (χ2v) is 3.25. The van der Waals surface area contributed by atoms with Crippen molar-refractivity contribution in [2.75, 3.05) is 19.5 Å². The van der Waals surface area contributed by atoms with E-state index in [1.54, 1.807) is 31.2 Å². The molecule has 0 aliphatic rings. The first-order valence-corrected chi connectivity index (χ1v) is 5.30. The molecule has 1 aromatic rings. The van der Waals surface area contributed by atoms with E-state index >= 15 is 0 Å². The fourth-order valence-electron chi connectivity index (χ4n) is 1.22. The van der Waals surface area contributed by atoms with Crippen LogP contribution in [0.4, 0.5) is 5.69 Å². The first-order valence-electron chi connectivity index (χ1n) is 5.30.